The zero-order valence-electron chi connectivity index (χ0n) is 11.3. The lowest BCUT2D eigenvalue weighted by Gasteiger charge is -2.17. The minimum absolute atomic E-state index is 0.217. The van der Waals surface area contributed by atoms with Crippen molar-refractivity contribution < 1.29 is 12.8 Å². The zero-order valence-corrected chi connectivity index (χ0v) is 13.7. The maximum Gasteiger partial charge on any atom is 0.246 e. The van der Waals surface area contributed by atoms with Crippen LogP contribution in [0.3, 0.4) is 0 Å². The number of nitrogen functional groups attached to an aromatic ring is 1. The van der Waals surface area contributed by atoms with Crippen molar-refractivity contribution in [3.63, 3.8) is 0 Å². The maximum absolute atomic E-state index is 13.9. The fourth-order valence-electron chi connectivity index (χ4n) is 2.54. The van der Waals surface area contributed by atoms with Gasteiger partial charge in [-0.1, -0.05) is 13.3 Å². The monoisotopic (exact) mass is 364 g/mol. The number of rotatable bonds is 4. The average Bonchev–Trinajstić information content (AvgIpc) is 2.83. The van der Waals surface area contributed by atoms with Crippen molar-refractivity contribution >= 4 is 31.6 Å². The van der Waals surface area contributed by atoms with E-state index in [4.69, 9.17) is 5.73 Å². The average molecular weight is 365 g/mol. The molecule has 1 aliphatic rings. The van der Waals surface area contributed by atoms with Crippen LogP contribution < -0.4 is 5.73 Å². The van der Waals surface area contributed by atoms with E-state index in [-0.39, 0.29) is 10.6 Å². The molecule has 0 spiro atoms. The molecule has 1 aliphatic heterocycles. The molecule has 1 unspecified atom stereocenters. The van der Waals surface area contributed by atoms with Gasteiger partial charge in [0.15, 0.2) is 0 Å². The van der Waals surface area contributed by atoms with Crippen molar-refractivity contribution in [2.75, 3.05) is 18.8 Å². The Hall–Kier alpha value is -0.660. The Morgan fingerprint density at radius 1 is 1.50 bits per heavy atom. The Morgan fingerprint density at radius 2 is 2.20 bits per heavy atom. The summed E-state index contributed by atoms with van der Waals surface area (Å²) in [7, 11) is -3.80. The summed E-state index contributed by atoms with van der Waals surface area (Å²) in [6, 6.07) is 2.28. The van der Waals surface area contributed by atoms with Crippen molar-refractivity contribution in [3.8, 4) is 0 Å². The number of halogens is 2. The number of hydrogen-bond acceptors (Lipinski definition) is 3. The first kappa shape index (κ1) is 15.7. The molecule has 0 aliphatic carbocycles. The van der Waals surface area contributed by atoms with Crippen molar-refractivity contribution in [3.05, 3.63) is 22.4 Å². The second kappa shape index (κ2) is 5.99. The van der Waals surface area contributed by atoms with Crippen LogP contribution >= 0.6 is 15.9 Å². The predicted octanol–water partition coefficient (Wildman–Crippen LogP) is 2.98. The highest BCUT2D eigenvalue weighted by Gasteiger charge is 2.34. The molecule has 1 aromatic carbocycles. The SMILES string of the molecule is CCCC1CCN(S(=O)(=O)c2cc(N)c(Br)cc2F)C1. The van der Waals surface area contributed by atoms with Crippen molar-refractivity contribution in [2.45, 2.75) is 31.1 Å². The van der Waals surface area contributed by atoms with E-state index in [9.17, 15) is 12.8 Å². The first-order valence-corrected chi connectivity index (χ1v) is 8.84. The highest BCUT2D eigenvalue weighted by atomic mass is 79.9. The number of benzene rings is 1. The number of nitrogens with two attached hydrogens (primary N) is 1. The van der Waals surface area contributed by atoms with Gasteiger partial charge in [0.25, 0.3) is 0 Å². The topological polar surface area (TPSA) is 63.4 Å². The van der Waals surface area contributed by atoms with Gasteiger partial charge in [-0.15, -0.1) is 0 Å². The molecule has 1 heterocycles. The van der Waals surface area contributed by atoms with Crippen LogP contribution in [0.5, 0.6) is 0 Å². The van der Waals surface area contributed by atoms with E-state index < -0.39 is 15.8 Å². The van der Waals surface area contributed by atoms with Gasteiger partial charge in [0, 0.05) is 23.2 Å². The zero-order chi connectivity index (χ0) is 14.9. The first-order valence-electron chi connectivity index (χ1n) is 6.61. The summed E-state index contributed by atoms with van der Waals surface area (Å²) in [5.74, 6) is -0.407. The normalized spacial score (nSPS) is 20.4. The third-order valence-corrected chi connectivity index (χ3v) is 6.18. The summed E-state index contributed by atoms with van der Waals surface area (Å²) >= 11 is 3.09. The lowest BCUT2D eigenvalue weighted by molar-refractivity contribution is 0.440. The first-order chi connectivity index (χ1) is 9.36. The number of nitrogens with zero attached hydrogens (tertiary/aromatic N) is 1. The van der Waals surface area contributed by atoms with E-state index in [0.29, 0.717) is 23.5 Å². The molecule has 1 fully saturated rings. The molecule has 4 nitrogen and oxygen atoms in total. The fourth-order valence-corrected chi connectivity index (χ4v) is 4.47. The van der Waals surface area contributed by atoms with E-state index in [1.165, 1.54) is 10.4 Å². The summed E-state index contributed by atoms with van der Waals surface area (Å²) in [4.78, 5) is -0.338. The highest BCUT2D eigenvalue weighted by Crippen LogP contribution is 2.31. The number of anilines is 1. The lowest BCUT2D eigenvalue weighted by Crippen LogP contribution is -2.29. The quantitative estimate of drug-likeness (QED) is 0.835. The molecule has 2 rings (SSSR count). The van der Waals surface area contributed by atoms with Crippen LogP contribution in [0.4, 0.5) is 10.1 Å². The molecule has 2 N–H and O–H groups in total. The smallest absolute Gasteiger partial charge is 0.246 e. The summed E-state index contributed by atoms with van der Waals surface area (Å²) in [5.41, 5.74) is 5.88. The number of hydrogen-bond donors (Lipinski definition) is 1. The van der Waals surface area contributed by atoms with E-state index in [1.807, 2.05) is 0 Å². The molecule has 1 saturated heterocycles. The van der Waals surface area contributed by atoms with Gasteiger partial charge in [0.1, 0.15) is 10.7 Å². The van der Waals surface area contributed by atoms with Crippen LogP contribution in [-0.4, -0.2) is 25.8 Å². The van der Waals surface area contributed by atoms with Gasteiger partial charge in [-0.05, 0) is 46.8 Å². The molecule has 7 heteroatoms. The van der Waals surface area contributed by atoms with Gasteiger partial charge < -0.3 is 5.73 Å². The minimum Gasteiger partial charge on any atom is -0.398 e. The second-order valence-corrected chi connectivity index (χ2v) is 7.87. The van der Waals surface area contributed by atoms with Gasteiger partial charge in [-0.2, -0.15) is 4.31 Å². The van der Waals surface area contributed by atoms with E-state index in [2.05, 4.69) is 22.9 Å². The van der Waals surface area contributed by atoms with Crippen molar-refractivity contribution in [1.29, 1.82) is 0 Å². The third-order valence-electron chi connectivity index (χ3n) is 3.61. The lowest BCUT2D eigenvalue weighted by atomic mass is 10.0. The van der Waals surface area contributed by atoms with Crippen LogP contribution in [0.1, 0.15) is 26.2 Å². The molecule has 0 radical (unpaired) electrons. The maximum atomic E-state index is 13.9. The van der Waals surface area contributed by atoms with Gasteiger partial charge in [-0.3, -0.25) is 0 Å². The molecular formula is C13H18BrFN2O2S. The largest absolute Gasteiger partial charge is 0.398 e. The molecule has 0 aromatic heterocycles. The molecule has 1 aromatic rings. The van der Waals surface area contributed by atoms with Crippen molar-refractivity contribution in [1.82, 2.24) is 4.31 Å². The van der Waals surface area contributed by atoms with E-state index in [0.717, 1.165) is 25.3 Å². The molecular weight excluding hydrogens is 347 g/mol. The Morgan fingerprint density at radius 3 is 2.85 bits per heavy atom. The Balaban J connectivity index is 2.30. The van der Waals surface area contributed by atoms with Crippen LogP contribution in [0.25, 0.3) is 0 Å². The summed E-state index contributed by atoms with van der Waals surface area (Å²) in [6.45, 7) is 2.99. The molecule has 0 bridgehead atoms. The fraction of sp³-hybridized carbons (Fsp3) is 0.538. The molecule has 0 amide bonds. The summed E-state index contributed by atoms with van der Waals surface area (Å²) in [5, 5.41) is 0. The standard InChI is InChI=1S/C13H18BrFN2O2S/c1-2-3-9-4-5-17(8-9)20(18,19)13-7-12(16)10(14)6-11(13)15/h6-7,9H,2-5,8,16H2,1H3. The Labute approximate surface area is 127 Å². The van der Waals surface area contributed by atoms with Gasteiger partial charge in [0.05, 0.1) is 0 Å². The van der Waals surface area contributed by atoms with Crippen molar-refractivity contribution in [2.24, 2.45) is 5.92 Å². The Kier molecular flexibility index (Phi) is 4.71. The van der Waals surface area contributed by atoms with E-state index in [1.54, 1.807) is 0 Å². The van der Waals surface area contributed by atoms with Crippen LogP contribution in [0.15, 0.2) is 21.5 Å². The van der Waals surface area contributed by atoms with Crippen LogP contribution in [-0.2, 0) is 10.0 Å². The molecule has 1 atom stereocenters. The summed E-state index contributed by atoms with van der Waals surface area (Å²) < 4.78 is 40.6. The second-order valence-electron chi connectivity index (χ2n) is 5.11. The highest BCUT2D eigenvalue weighted by molar-refractivity contribution is 9.10. The Bertz CT molecular complexity index is 607. The molecule has 112 valence electrons. The number of sulfonamides is 1. The van der Waals surface area contributed by atoms with Gasteiger partial charge in [-0.25, -0.2) is 12.8 Å². The molecule has 0 saturated carbocycles. The third kappa shape index (κ3) is 2.99. The van der Waals surface area contributed by atoms with Crippen LogP contribution in [0.2, 0.25) is 0 Å². The van der Waals surface area contributed by atoms with E-state index >= 15 is 0 Å². The van der Waals surface area contributed by atoms with Crippen LogP contribution in [0, 0.1) is 11.7 Å². The van der Waals surface area contributed by atoms with Gasteiger partial charge >= 0.3 is 0 Å². The molecule has 20 heavy (non-hydrogen) atoms. The minimum atomic E-state index is -3.80. The summed E-state index contributed by atoms with van der Waals surface area (Å²) in [6.07, 6.45) is 2.86. The van der Waals surface area contributed by atoms with Gasteiger partial charge in [0.2, 0.25) is 10.0 Å². The predicted molar refractivity (Wildman–Crippen MR) is 80.3 cm³/mol.